The Labute approximate surface area is 163 Å². The summed E-state index contributed by atoms with van der Waals surface area (Å²) in [4.78, 5) is 14.8. The number of nitrogens with one attached hydrogen (secondary N) is 1. The van der Waals surface area contributed by atoms with Crippen LogP contribution < -0.4 is 14.9 Å². The molecule has 4 rings (SSSR count). The molecule has 3 heterocycles. The molecule has 0 aliphatic carbocycles. The molecule has 2 atom stereocenters. The van der Waals surface area contributed by atoms with Crippen LogP contribution in [0.4, 0.5) is 0 Å². The molecule has 2 aliphatic rings. The highest BCUT2D eigenvalue weighted by atomic mass is 16.5. The topological polar surface area (TPSA) is 80.1 Å². The summed E-state index contributed by atoms with van der Waals surface area (Å²) in [7, 11) is 3.23. The second kappa shape index (κ2) is 7.20. The number of amides is 1. The Hall–Kier alpha value is -3.00. The molecule has 1 amide bonds. The summed E-state index contributed by atoms with van der Waals surface area (Å²) in [6, 6.07) is 5.58. The first-order valence-corrected chi connectivity index (χ1v) is 9.18. The number of benzene rings is 1. The van der Waals surface area contributed by atoms with E-state index in [1.807, 2.05) is 43.3 Å². The number of hydrogen-bond donors (Lipinski definition) is 1. The second-order valence-electron chi connectivity index (χ2n) is 7.02. The lowest BCUT2D eigenvalue weighted by molar-refractivity contribution is -0.134. The van der Waals surface area contributed by atoms with Gasteiger partial charge in [-0.1, -0.05) is 11.2 Å². The molecule has 28 heavy (non-hydrogen) atoms. The number of hydrazine groups is 1. The Morgan fingerprint density at radius 2 is 2.00 bits per heavy atom. The summed E-state index contributed by atoms with van der Waals surface area (Å²) in [5, 5.41) is 5.86. The standard InChI is InChI=1S/C20H24N4O4/c1-12-15(13(2)28-22-12)11-23-7-8-24-17(20(23)25)10-16(21-24)14-5-6-18(26-3)19(9-14)27-4/h5-9,16-17,21H,10-11H2,1-4H3. The molecule has 8 nitrogen and oxygen atoms in total. The van der Waals surface area contributed by atoms with E-state index in [0.29, 0.717) is 24.5 Å². The first-order valence-electron chi connectivity index (χ1n) is 9.18. The van der Waals surface area contributed by atoms with Crippen LogP contribution in [0.1, 0.15) is 35.0 Å². The van der Waals surface area contributed by atoms with Crippen molar-refractivity contribution >= 4 is 5.91 Å². The van der Waals surface area contributed by atoms with E-state index >= 15 is 0 Å². The number of rotatable bonds is 5. The van der Waals surface area contributed by atoms with Crippen molar-refractivity contribution in [3.8, 4) is 11.5 Å². The van der Waals surface area contributed by atoms with E-state index < -0.39 is 0 Å². The summed E-state index contributed by atoms with van der Waals surface area (Å²) in [5.41, 5.74) is 6.22. The third kappa shape index (κ3) is 3.09. The minimum absolute atomic E-state index is 0.0115. The van der Waals surface area contributed by atoms with Crippen LogP contribution >= 0.6 is 0 Å². The first-order chi connectivity index (χ1) is 13.5. The quantitative estimate of drug-likeness (QED) is 0.848. The fourth-order valence-electron chi connectivity index (χ4n) is 3.75. The maximum Gasteiger partial charge on any atom is 0.251 e. The van der Waals surface area contributed by atoms with Crippen molar-refractivity contribution in [2.75, 3.05) is 14.2 Å². The molecule has 0 saturated carbocycles. The third-order valence-electron chi connectivity index (χ3n) is 5.39. The molecular formula is C20H24N4O4. The zero-order valence-corrected chi connectivity index (χ0v) is 16.4. The lowest BCUT2D eigenvalue weighted by Gasteiger charge is -2.31. The lowest BCUT2D eigenvalue weighted by Crippen LogP contribution is -2.47. The molecule has 1 N–H and O–H groups in total. The lowest BCUT2D eigenvalue weighted by atomic mass is 10.00. The Balaban J connectivity index is 1.51. The molecule has 1 fully saturated rings. The second-order valence-corrected chi connectivity index (χ2v) is 7.02. The number of carbonyl (C=O) groups excluding carboxylic acids is 1. The van der Waals surface area contributed by atoms with Gasteiger partial charge in [-0.15, -0.1) is 0 Å². The van der Waals surface area contributed by atoms with Crippen LogP contribution in [0.15, 0.2) is 35.1 Å². The Morgan fingerprint density at radius 1 is 1.21 bits per heavy atom. The van der Waals surface area contributed by atoms with E-state index in [4.69, 9.17) is 14.0 Å². The van der Waals surface area contributed by atoms with Crippen molar-refractivity contribution in [3.63, 3.8) is 0 Å². The number of hydrogen-bond acceptors (Lipinski definition) is 7. The smallest absolute Gasteiger partial charge is 0.251 e. The van der Waals surface area contributed by atoms with Crippen LogP contribution in [-0.4, -0.2) is 41.2 Å². The Kier molecular flexibility index (Phi) is 4.72. The van der Waals surface area contributed by atoms with E-state index in [-0.39, 0.29) is 18.0 Å². The summed E-state index contributed by atoms with van der Waals surface area (Å²) in [6.45, 7) is 4.21. The highest BCUT2D eigenvalue weighted by Gasteiger charge is 2.40. The number of aryl methyl sites for hydroxylation is 2. The van der Waals surface area contributed by atoms with Gasteiger partial charge in [0.1, 0.15) is 11.8 Å². The predicted molar refractivity (Wildman–Crippen MR) is 101 cm³/mol. The normalized spacial score (nSPS) is 21.2. The van der Waals surface area contributed by atoms with Gasteiger partial charge in [-0.25, -0.2) is 5.43 Å². The van der Waals surface area contributed by atoms with Gasteiger partial charge in [0.05, 0.1) is 32.5 Å². The molecule has 2 aromatic rings. The number of ether oxygens (including phenoxy) is 2. The monoisotopic (exact) mass is 384 g/mol. The van der Waals surface area contributed by atoms with Crippen molar-refractivity contribution in [2.45, 2.75) is 38.9 Å². The van der Waals surface area contributed by atoms with Crippen LogP contribution in [0, 0.1) is 13.8 Å². The third-order valence-corrected chi connectivity index (χ3v) is 5.39. The maximum absolute atomic E-state index is 13.1. The predicted octanol–water partition coefficient (Wildman–Crippen LogP) is 2.44. The van der Waals surface area contributed by atoms with Gasteiger partial charge >= 0.3 is 0 Å². The summed E-state index contributed by atoms with van der Waals surface area (Å²) < 4.78 is 15.9. The number of nitrogens with zero attached hydrogens (tertiary/aromatic N) is 3. The van der Waals surface area contributed by atoms with Gasteiger partial charge in [-0.3, -0.25) is 4.79 Å². The van der Waals surface area contributed by atoms with Crippen LogP contribution in [0.2, 0.25) is 0 Å². The first kappa shape index (κ1) is 18.4. The van der Waals surface area contributed by atoms with Gasteiger partial charge in [0.2, 0.25) is 0 Å². The summed E-state index contributed by atoms with van der Waals surface area (Å²) in [5.74, 6) is 2.16. The fourth-order valence-corrected chi connectivity index (χ4v) is 3.75. The van der Waals surface area contributed by atoms with Crippen molar-refractivity contribution in [2.24, 2.45) is 0 Å². The van der Waals surface area contributed by atoms with Crippen LogP contribution in [0.25, 0.3) is 0 Å². The van der Waals surface area contributed by atoms with Crippen molar-refractivity contribution in [1.29, 1.82) is 0 Å². The van der Waals surface area contributed by atoms with Gasteiger partial charge < -0.3 is 23.9 Å². The number of carbonyl (C=O) groups is 1. The van der Waals surface area contributed by atoms with Gasteiger partial charge in [0.15, 0.2) is 11.5 Å². The van der Waals surface area contributed by atoms with E-state index in [1.165, 1.54) is 0 Å². The Morgan fingerprint density at radius 3 is 2.68 bits per heavy atom. The van der Waals surface area contributed by atoms with E-state index in [2.05, 4.69) is 10.6 Å². The van der Waals surface area contributed by atoms with Crippen LogP contribution in [-0.2, 0) is 11.3 Å². The van der Waals surface area contributed by atoms with Gasteiger partial charge in [0.25, 0.3) is 5.91 Å². The van der Waals surface area contributed by atoms with Crippen LogP contribution in [0.3, 0.4) is 0 Å². The van der Waals surface area contributed by atoms with Gasteiger partial charge in [-0.2, -0.15) is 0 Å². The molecule has 148 valence electrons. The molecule has 2 unspecified atom stereocenters. The van der Waals surface area contributed by atoms with E-state index in [1.54, 1.807) is 25.3 Å². The van der Waals surface area contributed by atoms with E-state index in [0.717, 1.165) is 22.6 Å². The zero-order chi connectivity index (χ0) is 19.8. The highest BCUT2D eigenvalue weighted by molar-refractivity contribution is 5.84. The van der Waals surface area contributed by atoms with Crippen molar-refractivity contribution < 1.29 is 18.8 Å². The molecule has 1 aromatic heterocycles. The SMILES string of the molecule is COc1ccc(C2CC3C(=O)N(Cc4c(C)noc4C)C=CN3N2)cc1OC. The minimum atomic E-state index is -0.261. The molecule has 1 saturated heterocycles. The number of methoxy groups -OCH3 is 2. The zero-order valence-electron chi connectivity index (χ0n) is 16.4. The van der Waals surface area contributed by atoms with Gasteiger partial charge in [0, 0.05) is 18.0 Å². The molecule has 2 aliphatic heterocycles. The molecule has 0 spiro atoms. The summed E-state index contributed by atoms with van der Waals surface area (Å²) in [6.07, 6.45) is 4.37. The highest BCUT2D eigenvalue weighted by Crippen LogP contribution is 2.35. The Bertz CT molecular complexity index is 903. The maximum atomic E-state index is 13.1. The molecule has 0 radical (unpaired) electrons. The molecular weight excluding hydrogens is 360 g/mol. The van der Waals surface area contributed by atoms with Crippen molar-refractivity contribution in [1.82, 2.24) is 20.5 Å². The van der Waals surface area contributed by atoms with Gasteiger partial charge in [-0.05, 0) is 38.0 Å². The van der Waals surface area contributed by atoms with Crippen molar-refractivity contribution in [3.05, 3.63) is 53.2 Å². The van der Waals surface area contributed by atoms with E-state index in [9.17, 15) is 4.79 Å². The summed E-state index contributed by atoms with van der Waals surface area (Å²) >= 11 is 0. The molecule has 1 aromatic carbocycles. The number of fused-ring (bicyclic) bond motifs is 1. The average molecular weight is 384 g/mol. The molecule has 0 bridgehead atoms. The average Bonchev–Trinajstić information content (AvgIpc) is 3.28. The largest absolute Gasteiger partial charge is 0.493 e. The molecule has 8 heteroatoms. The van der Waals surface area contributed by atoms with Crippen LogP contribution in [0.5, 0.6) is 11.5 Å². The fraction of sp³-hybridized carbons (Fsp3) is 0.400. The number of aromatic nitrogens is 1. The minimum Gasteiger partial charge on any atom is -0.493 e.